The fourth-order valence-electron chi connectivity index (χ4n) is 2.02. The number of nitrogens with one attached hydrogen (secondary N) is 1. The molecule has 0 spiro atoms. The van der Waals surface area contributed by atoms with Gasteiger partial charge in [-0.1, -0.05) is 37.3 Å². The molecule has 0 unspecified atom stereocenters. The first-order valence-corrected chi connectivity index (χ1v) is 8.21. The summed E-state index contributed by atoms with van der Waals surface area (Å²) in [5.41, 5.74) is 1.89. The van der Waals surface area contributed by atoms with Crippen LogP contribution in [0.25, 0.3) is 11.3 Å². The SMILES string of the molecule is CCCNCc1sc(C(C)(C)OC)nc1-c1ccccc1. The molecular formula is C17H24N2OS. The number of benzene rings is 1. The first-order valence-electron chi connectivity index (χ1n) is 7.40. The van der Waals surface area contributed by atoms with Gasteiger partial charge < -0.3 is 10.1 Å². The molecule has 0 atom stereocenters. The molecule has 114 valence electrons. The van der Waals surface area contributed by atoms with E-state index in [1.54, 1.807) is 18.4 Å². The van der Waals surface area contributed by atoms with Crippen molar-refractivity contribution in [2.75, 3.05) is 13.7 Å². The van der Waals surface area contributed by atoms with Crippen LogP contribution >= 0.6 is 11.3 Å². The van der Waals surface area contributed by atoms with Crippen molar-refractivity contribution in [3.05, 3.63) is 40.2 Å². The van der Waals surface area contributed by atoms with Gasteiger partial charge in [0.25, 0.3) is 0 Å². The van der Waals surface area contributed by atoms with Gasteiger partial charge >= 0.3 is 0 Å². The van der Waals surface area contributed by atoms with Gasteiger partial charge in [0.15, 0.2) is 0 Å². The van der Waals surface area contributed by atoms with E-state index in [-0.39, 0.29) is 5.60 Å². The lowest BCUT2D eigenvalue weighted by Gasteiger charge is -2.19. The number of hydrogen-bond acceptors (Lipinski definition) is 4. The molecule has 1 heterocycles. The minimum absolute atomic E-state index is 0.350. The van der Waals surface area contributed by atoms with Crippen LogP contribution in [0.1, 0.15) is 37.1 Å². The third kappa shape index (κ3) is 3.90. The maximum absolute atomic E-state index is 5.58. The van der Waals surface area contributed by atoms with Gasteiger partial charge in [-0.05, 0) is 26.8 Å². The van der Waals surface area contributed by atoms with Gasteiger partial charge in [-0.15, -0.1) is 11.3 Å². The van der Waals surface area contributed by atoms with Gasteiger partial charge in [0.1, 0.15) is 10.6 Å². The second-order valence-corrected chi connectivity index (χ2v) is 6.63. The maximum atomic E-state index is 5.58. The second-order valence-electron chi connectivity index (χ2n) is 5.55. The van der Waals surface area contributed by atoms with Gasteiger partial charge in [-0.3, -0.25) is 0 Å². The lowest BCUT2D eigenvalue weighted by Crippen LogP contribution is -2.18. The highest BCUT2D eigenvalue weighted by Crippen LogP contribution is 2.34. The highest BCUT2D eigenvalue weighted by atomic mass is 32.1. The summed E-state index contributed by atoms with van der Waals surface area (Å²) in [7, 11) is 1.73. The molecule has 0 aliphatic rings. The first kappa shape index (κ1) is 16.1. The van der Waals surface area contributed by atoms with Crippen molar-refractivity contribution in [2.45, 2.75) is 39.3 Å². The van der Waals surface area contributed by atoms with Crippen LogP contribution in [0.5, 0.6) is 0 Å². The molecule has 1 aromatic carbocycles. The fraction of sp³-hybridized carbons (Fsp3) is 0.471. The standard InChI is InChI=1S/C17H24N2OS/c1-5-11-18-12-14-15(13-9-7-6-8-10-13)19-16(21-14)17(2,3)20-4/h6-10,18H,5,11-12H2,1-4H3. The van der Waals surface area contributed by atoms with E-state index in [9.17, 15) is 0 Å². The predicted octanol–water partition coefficient (Wildman–Crippen LogP) is 4.19. The van der Waals surface area contributed by atoms with E-state index in [4.69, 9.17) is 9.72 Å². The number of aromatic nitrogens is 1. The summed E-state index contributed by atoms with van der Waals surface area (Å²) in [6.07, 6.45) is 1.13. The molecule has 1 aromatic heterocycles. The molecular weight excluding hydrogens is 280 g/mol. The Hall–Kier alpha value is -1.23. The monoisotopic (exact) mass is 304 g/mol. The minimum Gasteiger partial charge on any atom is -0.372 e. The zero-order chi connectivity index (χ0) is 15.3. The summed E-state index contributed by atoms with van der Waals surface area (Å²) in [6, 6.07) is 10.4. The fourth-order valence-corrected chi connectivity index (χ4v) is 3.15. The Morgan fingerprint density at radius 1 is 1.24 bits per heavy atom. The molecule has 1 N–H and O–H groups in total. The van der Waals surface area contributed by atoms with Crippen LogP contribution in [0.2, 0.25) is 0 Å². The second kappa shape index (κ2) is 7.16. The Labute approximate surface area is 131 Å². The summed E-state index contributed by atoms with van der Waals surface area (Å²) in [4.78, 5) is 6.13. The molecule has 0 aliphatic heterocycles. The van der Waals surface area contributed by atoms with Gasteiger partial charge in [-0.2, -0.15) is 0 Å². The van der Waals surface area contributed by atoms with Crippen molar-refractivity contribution in [3.63, 3.8) is 0 Å². The quantitative estimate of drug-likeness (QED) is 0.779. The first-order chi connectivity index (χ1) is 10.1. The van der Waals surface area contributed by atoms with E-state index in [0.717, 1.165) is 30.2 Å². The summed E-state index contributed by atoms with van der Waals surface area (Å²) < 4.78 is 5.58. The lowest BCUT2D eigenvalue weighted by atomic mass is 10.1. The van der Waals surface area contributed by atoms with E-state index in [0.29, 0.717) is 0 Å². The molecule has 2 aromatic rings. The molecule has 21 heavy (non-hydrogen) atoms. The smallest absolute Gasteiger partial charge is 0.125 e. The maximum Gasteiger partial charge on any atom is 0.125 e. The van der Waals surface area contributed by atoms with Crippen molar-refractivity contribution in [1.29, 1.82) is 0 Å². The number of ether oxygens (including phenoxy) is 1. The largest absolute Gasteiger partial charge is 0.372 e. The molecule has 0 fully saturated rings. The summed E-state index contributed by atoms with van der Waals surface area (Å²) in [5.74, 6) is 0. The molecule has 0 amide bonds. The summed E-state index contributed by atoms with van der Waals surface area (Å²) >= 11 is 1.74. The van der Waals surface area contributed by atoms with Crippen LogP contribution < -0.4 is 5.32 Å². The third-order valence-corrected chi connectivity index (χ3v) is 4.84. The van der Waals surface area contributed by atoms with Gasteiger partial charge in [-0.25, -0.2) is 4.98 Å². The lowest BCUT2D eigenvalue weighted by molar-refractivity contribution is 0.0191. The molecule has 2 rings (SSSR count). The highest BCUT2D eigenvalue weighted by Gasteiger charge is 2.26. The molecule has 3 nitrogen and oxygen atoms in total. The molecule has 0 bridgehead atoms. The van der Waals surface area contributed by atoms with Crippen molar-refractivity contribution >= 4 is 11.3 Å². The van der Waals surface area contributed by atoms with Crippen molar-refractivity contribution < 1.29 is 4.74 Å². The third-order valence-electron chi connectivity index (χ3n) is 3.48. The van der Waals surface area contributed by atoms with E-state index in [2.05, 4.69) is 50.4 Å². The Balaban J connectivity index is 2.36. The average molecular weight is 304 g/mol. The van der Waals surface area contributed by atoms with E-state index >= 15 is 0 Å². The van der Waals surface area contributed by atoms with E-state index in [1.165, 1.54) is 10.4 Å². The van der Waals surface area contributed by atoms with Crippen LogP contribution in [0.3, 0.4) is 0 Å². The van der Waals surface area contributed by atoms with Crippen LogP contribution in [-0.4, -0.2) is 18.6 Å². The predicted molar refractivity (Wildman–Crippen MR) is 89.6 cm³/mol. The summed E-state index contributed by atoms with van der Waals surface area (Å²) in [5, 5.41) is 4.50. The van der Waals surface area contributed by atoms with Crippen molar-refractivity contribution in [2.24, 2.45) is 0 Å². The van der Waals surface area contributed by atoms with E-state index < -0.39 is 0 Å². The molecule has 0 radical (unpaired) electrons. The number of nitrogens with zero attached hydrogens (tertiary/aromatic N) is 1. The Morgan fingerprint density at radius 3 is 2.57 bits per heavy atom. The number of methoxy groups -OCH3 is 1. The van der Waals surface area contributed by atoms with Crippen molar-refractivity contribution in [1.82, 2.24) is 10.3 Å². The number of rotatable bonds is 7. The molecule has 0 aliphatic carbocycles. The normalized spacial score (nSPS) is 11.8. The zero-order valence-electron chi connectivity index (χ0n) is 13.3. The topological polar surface area (TPSA) is 34.1 Å². The Kier molecular flexibility index (Phi) is 5.51. The van der Waals surface area contributed by atoms with Crippen LogP contribution in [0, 0.1) is 0 Å². The number of hydrogen-bond donors (Lipinski definition) is 1. The minimum atomic E-state index is -0.350. The average Bonchev–Trinajstić information content (AvgIpc) is 2.93. The van der Waals surface area contributed by atoms with Crippen LogP contribution in [0.4, 0.5) is 0 Å². The number of thiazole rings is 1. The molecule has 0 saturated carbocycles. The van der Waals surface area contributed by atoms with Gasteiger partial charge in [0, 0.05) is 24.1 Å². The molecule has 0 saturated heterocycles. The van der Waals surface area contributed by atoms with Gasteiger partial charge in [0.05, 0.1) is 5.69 Å². The van der Waals surface area contributed by atoms with Gasteiger partial charge in [0.2, 0.25) is 0 Å². The van der Waals surface area contributed by atoms with Crippen LogP contribution in [0.15, 0.2) is 30.3 Å². The van der Waals surface area contributed by atoms with E-state index in [1.807, 2.05) is 6.07 Å². The Morgan fingerprint density at radius 2 is 1.95 bits per heavy atom. The summed E-state index contributed by atoms with van der Waals surface area (Å²) in [6.45, 7) is 8.18. The highest BCUT2D eigenvalue weighted by molar-refractivity contribution is 7.12. The Bertz CT molecular complexity index is 563. The van der Waals surface area contributed by atoms with Crippen LogP contribution in [-0.2, 0) is 16.9 Å². The zero-order valence-corrected chi connectivity index (χ0v) is 14.1. The van der Waals surface area contributed by atoms with Crippen molar-refractivity contribution in [3.8, 4) is 11.3 Å². The molecule has 4 heteroatoms.